The number of hydrogen-bond acceptors (Lipinski definition) is 2. The van der Waals surface area contributed by atoms with Crippen LogP contribution in [0, 0.1) is 5.92 Å². The van der Waals surface area contributed by atoms with Crippen LogP contribution in [0.5, 0.6) is 0 Å². The minimum Gasteiger partial charge on any atom is -0.504 e. The Kier molecular flexibility index (Phi) is 4.63. The van der Waals surface area contributed by atoms with Crippen molar-refractivity contribution in [2.45, 2.75) is 20.3 Å². The largest absolute Gasteiger partial charge is 0.504 e. The zero-order valence-electron chi connectivity index (χ0n) is 6.76. The summed E-state index contributed by atoms with van der Waals surface area (Å²) in [5.41, 5.74) is 0. The minimum absolute atomic E-state index is 0.122. The van der Waals surface area contributed by atoms with Gasteiger partial charge in [-0.3, -0.25) is 4.79 Å². The van der Waals surface area contributed by atoms with Crippen molar-refractivity contribution >= 4 is 5.78 Å². The standard InChI is InChI=1S/C8H14O2/c1-7(2)6-8(9)4-5-10-3/h4-5,7H,6H2,1-3H3. The molecule has 0 aliphatic heterocycles. The molecule has 0 saturated heterocycles. The summed E-state index contributed by atoms with van der Waals surface area (Å²) in [6, 6.07) is 0. The molecule has 2 nitrogen and oxygen atoms in total. The Morgan fingerprint density at radius 3 is 2.60 bits per heavy atom. The molecule has 58 valence electrons. The topological polar surface area (TPSA) is 26.3 Å². The quantitative estimate of drug-likeness (QED) is 0.441. The summed E-state index contributed by atoms with van der Waals surface area (Å²) < 4.78 is 4.59. The summed E-state index contributed by atoms with van der Waals surface area (Å²) >= 11 is 0. The number of carbonyl (C=O) groups is 1. The van der Waals surface area contributed by atoms with Crippen molar-refractivity contribution in [3.63, 3.8) is 0 Å². The smallest absolute Gasteiger partial charge is 0.158 e. The first-order valence-corrected chi connectivity index (χ1v) is 3.39. The van der Waals surface area contributed by atoms with Gasteiger partial charge < -0.3 is 4.74 Å². The van der Waals surface area contributed by atoms with Crippen molar-refractivity contribution in [3.8, 4) is 0 Å². The third-order valence-corrected chi connectivity index (χ3v) is 0.999. The van der Waals surface area contributed by atoms with Crippen molar-refractivity contribution in [1.29, 1.82) is 0 Å². The molecule has 0 aromatic carbocycles. The lowest BCUT2D eigenvalue weighted by Crippen LogP contribution is -1.98. The first kappa shape index (κ1) is 9.21. The molecule has 0 spiro atoms. The molecule has 2 heteroatoms. The maximum atomic E-state index is 10.8. The van der Waals surface area contributed by atoms with Crippen molar-refractivity contribution < 1.29 is 9.53 Å². The van der Waals surface area contributed by atoms with Gasteiger partial charge in [-0.25, -0.2) is 0 Å². The molecule has 0 atom stereocenters. The van der Waals surface area contributed by atoms with E-state index in [1.165, 1.54) is 19.4 Å². The van der Waals surface area contributed by atoms with Gasteiger partial charge in [-0.1, -0.05) is 13.8 Å². The van der Waals surface area contributed by atoms with Crippen molar-refractivity contribution in [3.05, 3.63) is 12.3 Å². The van der Waals surface area contributed by atoms with E-state index in [4.69, 9.17) is 0 Å². The molecule has 0 fully saturated rings. The number of hydrogen-bond donors (Lipinski definition) is 0. The summed E-state index contributed by atoms with van der Waals surface area (Å²) in [4.78, 5) is 10.8. The Labute approximate surface area is 61.9 Å². The second-order valence-corrected chi connectivity index (χ2v) is 2.60. The highest BCUT2D eigenvalue weighted by molar-refractivity contribution is 5.89. The van der Waals surface area contributed by atoms with Gasteiger partial charge in [0.1, 0.15) is 0 Å². The lowest BCUT2D eigenvalue weighted by atomic mass is 10.1. The van der Waals surface area contributed by atoms with E-state index >= 15 is 0 Å². The van der Waals surface area contributed by atoms with Crippen LogP contribution >= 0.6 is 0 Å². The van der Waals surface area contributed by atoms with Gasteiger partial charge in [0.15, 0.2) is 5.78 Å². The normalized spacial score (nSPS) is 10.8. The SMILES string of the molecule is COC=CC(=O)CC(C)C. The van der Waals surface area contributed by atoms with Crippen molar-refractivity contribution in [2.24, 2.45) is 5.92 Å². The zero-order chi connectivity index (χ0) is 7.98. The van der Waals surface area contributed by atoms with E-state index in [-0.39, 0.29) is 5.78 Å². The summed E-state index contributed by atoms with van der Waals surface area (Å²) in [5.74, 6) is 0.547. The van der Waals surface area contributed by atoms with Gasteiger partial charge in [0, 0.05) is 12.5 Å². The van der Waals surface area contributed by atoms with E-state index in [0.717, 1.165) is 0 Å². The molecule has 0 N–H and O–H groups in total. The summed E-state index contributed by atoms with van der Waals surface area (Å²) in [6.45, 7) is 4.02. The third-order valence-electron chi connectivity index (χ3n) is 0.999. The summed E-state index contributed by atoms with van der Waals surface area (Å²) in [7, 11) is 1.53. The highest BCUT2D eigenvalue weighted by atomic mass is 16.5. The second-order valence-electron chi connectivity index (χ2n) is 2.60. The minimum atomic E-state index is 0.122. The number of ether oxygens (including phenoxy) is 1. The first-order chi connectivity index (χ1) is 4.66. The van der Waals surface area contributed by atoms with E-state index in [2.05, 4.69) is 4.74 Å². The summed E-state index contributed by atoms with van der Waals surface area (Å²) in [5, 5.41) is 0. The van der Waals surface area contributed by atoms with Gasteiger partial charge in [0.05, 0.1) is 13.4 Å². The van der Waals surface area contributed by atoms with E-state index in [9.17, 15) is 4.79 Å². The molecule has 0 aliphatic carbocycles. The van der Waals surface area contributed by atoms with Crippen LogP contribution in [-0.4, -0.2) is 12.9 Å². The van der Waals surface area contributed by atoms with Crippen LogP contribution in [0.15, 0.2) is 12.3 Å². The molecule has 10 heavy (non-hydrogen) atoms. The highest BCUT2D eigenvalue weighted by Crippen LogP contribution is 2.00. The van der Waals surface area contributed by atoms with Crippen molar-refractivity contribution in [1.82, 2.24) is 0 Å². The number of allylic oxidation sites excluding steroid dienone is 1. The van der Waals surface area contributed by atoms with Gasteiger partial charge in [-0.2, -0.15) is 0 Å². The number of methoxy groups -OCH3 is 1. The Morgan fingerprint density at radius 2 is 2.20 bits per heavy atom. The Bertz CT molecular complexity index is 125. The van der Waals surface area contributed by atoms with Crippen LogP contribution in [0.3, 0.4) is 0 Å². The Balaban J connectivity index is 3.54. The molecular formula is C8H14O2. The molecule has 0 radical (unpaired) electrons. The molecule has 0 aliphatic rings. The fourth-order valence-corrected chi connectivity index (χ4v) is 0.614. The van der Waals surface area contributed by atoms with Crippen LogP contribution in [0.25, 0.3) is 0 Å². The van der Waals surface area contributed by atoms with Crippen LogP contribution in [-0.2, 0) is 9.53 Å². The second kappa shape index (κ2) is 5.03. The molecule has 0 saturated carbocycles. The average Bonchev–Trinajstić information content (AvgIpc) is 1.82. The maximum Gasteiger partial charge on any atom is 0.158 e. The zero-order valence-corrected chi connectivity index (χ0v) is 6.76. The number of rotatable bonds is 4. The molecule has 0 aromatic heterocycles. The van der Waals surface area contributed by atoms with Gasteiger partial charge in [-0.15, -0.1) is 0 Å². The molecule has 0 heterocycles. The van der Waals surface area contributed by atoms with Gasteiger partial charge in [-0.05, 0) is 5.92 Å². The van der Waals surface area contributed by atoms with Crippen LogP contribution < -0.4 is 0 Å². The molecular weight excluding hydrogens is 128 g/mol. The first-order valence-electron chi connectivity index (χ1n) is 3.39. The van der Waals surface area contributed by atoms with Gasteiger partial charge in [0.2, 0.25) is 0 Å². The lowest BCUT2D eigenvalue weighted by molar-refractivity contribution is -0.115. The molecule has 0 bridgehead atoms. The van der Waals surface area contributed by atoms with E-state index in [0.29, 0.717) is 12.3 Å². The maximum absolute atomic E-state index is 10.8. The average molecular weight is 142 g/mol. The van der Waals surface area contributed by atoms with Crippen LogP contribution in [0.2, 0.25) is 0 Å². The van der Waals surface area contributed by atoms with E-state index < -0.39 is 0 Å². The lowest BCUT2D eigenvalue weighted by Gasteiger charge is -1.97. The van der Waals surface area contributed by atoms with Gasteiger partial charge in [0.25, 0.3) is 0 Å². The van der Waals surface area contributed by atoms with Gasteiger partial charge >= 0.3 is 0 Å². The predicted molar refractivity (Wildman–Crippen MR) is 40.6 cm³/mol. The van der Waals surface area contributed by atoms with Crippen LogP contribution in [0.1, 0.15) is 20.3 Å². The van der Waals surface area contributed by atoms with E-state index in [1.807, 2.05) is 13.8 Å². The molecule has 0 amide bonds. The number of ketones is 1. The summed E-state index contributed by atoms with van der Waals surface area (Å²) in [6.07, 6.45) is 3.46. The predicted octanol–water partition coefficient (Wildman–Crippen LogP) is 1.76. The Hall–Kier alpha value is -0.790. The highest BCUT2D eigenvalue weighted by Gasteiger charge is 1.99. The number of carbonyl (C=O) groups excluding carboxylic acids is 1. The Morgan fingerprint density at radius 1 is 1.60 bits per heavy atom. The fraction of sp³-hybridized carbons (Fsp3) is 0.625. The molecule has 0 unspecified atom stereocenters. The molecule has 0 rings (SSSR count). The monoisotopic (exact) mass is 142 g/mol. The fourth-order valence-electron chi connectivity index (χ4n) is 0.614. The third kappa shape index (κ3) is 5.35. The molecule has 0 aromatic rings. The van der Waals surface area contributed by atoms with Crippen molar-refractivity contribution in [2.75, 3.05) is 7.11 Å². The van der Waals surface area contributed by atoms with Crippen LogP contribution in [0.4, 0.5) is 0 Å². The van der Waals surface area contributed by atoms with E-state index in [1.54, 1.807) is 0 Å².